The molecule has 1 aromatic heterocycles. The second-order valence-electron chi connectivity index (χ2n) is 7.26. The third-order valence-electron chi connectivity index (χ3n) is 4.10. The zero-order valence-electron chi connectivity index (χ0n) is 14.6. The first-order chi connectivity index (χ1) is 10.8. The van der Waals surface area contributed by atoms with Gasteiger partial charge < -0.3 is 9.64 Å². The van der Waals surface area contributed by atoms with Crippen LogP contribution in [0.4, 0.5) is 0 Å². The highest BCUT2D eigenvalue weighted by Gasteiger charge is 2.47. The lowest BCUT2D eigenvalue weighted by atomic mass is 10.1. The Morgan fingerprint density at radius 2 is 1.96 bits per heavy atom. The van der Waals surface area contributed by atoms with E-state index in [2.05, 4.69) is 0 Å². The molecule has 0 saturated heterocycles. The molecule has 0 saturated carbocycles. The van der Waals surface area contributed by atoms with E-state index < -0.39 is 26.2 Å². The molecule has 1 atom stereocenters. The zero-order chi connectivity index (χ0) is 18.3. The Morgan fingerprint density at radius 3 is 2.46 bits per heavy atom. The molecule has 24 heavy (non-hydrogen) atoms. The minimum absolute atomic E-state index is 0.00142. The molecule has 0 aromatic carbocycles. The molecular weight excluding hydrogens is 350 g/mol. The number of amides is 1. The van der Waals surface area contributed by atoms with Crippen molar-refractivity contribution in [1.29, 1.82) is 0 Å². The van der Waals surface area contributed by atoms with E-state index in [1.165, 1.54) is 18.3 Å². The minimum atomic E-state index is -3.71. The average molecular weight is 373 g/mol. The Labute approximate surface area is 146 Å². The summed E-state index contributed by atoms with van der Waals surface area (Å²) in [6.07, 6.45) is 1.03. The van der Waals surface area contributed by atoms with Crippen molar-refractivity contribution >= 4 is 33.1 Å². The third kappa shape index (κ3) is 3.64. The number of thiophene rings is 1. The molecule has 134 valence electrons. The van der Waals surface area contributed by atoms with E-state index in [0.29, 0.717) is 11.4 Å². The van der Waals surface area contributed by atoms with Crippen LogP contribution in [0.25, 0.3) is 0 Å². The standard InChI is InChI=1S/C16H23NO5S2/c1-15(2,3)22-14(19)16(4,24(5,20)21)7-8-17-10-11-6-9-23-12(11)13(17)18/h6,9H,7-8,10H2,1-5H3/t16-/m1/s1. The van der Waals surface area contributed by atoms with Crippen molar-refractivity contribution in [2.45, 2.75) is 51.0 Å². The van der Waals surface area contributed by atoms with Crippen molar-refractivity contribution in [2.75, 3.05) is 12.8 Å². The fourth-order valence-electron chi connectivity index (χ4n) is 2.42. The maximum atomic E-state index is 12.5. The summed E-state index contributed by atoms with van der Waals surface area (Å²) >= 11 is 1.38. The van der Waals surface area contributed by atoms with Gasteiger partial charge in [0.15, 0.2) is 14.6 Å². The molecule has 0 spiro atoms. The smallest absolute Gasteiger partial charge is 0.327 e. The molecule has 1 aliphatic rings. The van der Waals surface area contributed by atoms with E-state index in [1.807, 2.05) is 11.4 Å². The van der Waals surface area contributed by atoms with Gasteiger partial charge in [-0.25, -0.2) is 8.42 Å². The molecule has 0 radical (unpaired) electrons. The lowest BCUT2D eigenvalue weighted by Gasteiger charge is -2.31. The first-order valence-electron chi connectivity index (χ1n) is 7.64. The molecule has 8 heteroatoms. The quantitative estimate of drug-likeness (QED) is 0.740. The molecule has 0 unspecified atom stereocenters. The Balaban J connectivity index is 2.15. The number of hydrogen-bond donors (Lipinski definition) is 0. The fourth-order valence-corrected chi connectivity index (χ4v) is 4.11. The summed E-state index contributed by atoms with van der Waals surface area (Å²) in [6, 6.07) is 1.89. The SMILES string of the molecule is CC(C)(C)OC(=O)[C@@](C)(CCN1Cc2ccsc2C1=O)S(C)(=O)=O. The molecule has 1 aliphatic heterocycles. The molecule has 1 amide bonds. The summed E-state index contributed by atoms with van der Waals surface area (Å²) in [5, 5.41) is 1.86. The van der Waals surface area contributed by atoms with E-state index in [1.54, 1.807) is 25.7 Å². The highest BCUT2D eigenvalue weighted by molar-refractivity contribution is 7.92. The zero-order valence-corrected chi connectivity index (χ0v) is 16.2. The van der Waals surface area contributed by atoms with E-state index in [9.17, 15) is 18.0 Å². The number of carbonyl (C=O) groups is 2. The van der Waals surface area contributed by atoms with Gasteiger partial charge in [0.1, 0.15) is 5.60 Å². The number of sulfone groups is 1. The van der Waals surface area contributed by atoms with Crippen molar-refractivity contribution in [3.05, 3.63) is 21.9 Å². The van der Waals surface area contributed by atoms with E-state index in [-0.39, 0.29) is 18.9 Å². The van der Waals surface area contributed by atoms with Crippen LogP contribution in [0.3, 0.4) is 0 Å². The van der Waals surface area contributed by atoms with Crippen molar-refractivity contribution in [2.24, 2.45) is 0 Å². The van der Waals surface area contributed by atoms with Crippen LogP contribution in [-0.2, 0) is 25.9 Å². The number of carbonyl (C=O) groups excluding carboxylic acids is 2. The summed E-state index contributed by atoms with van der Waals surface area (Å²) in [5.41, 5.74) is 0.166. The van der Waals surface area contributed by atoms with Gasteiger partial charge in [-0.15, -0.1) is 11.3 Å². The van der Waals surface area contributed by atoms with Gasteiger partial charge in [0.25, 0.3) is 5.91 Å². The largest absolute Gasteiger partial charge is 0.459 e. The molecule has 0 aliphatic carbocycles. The number of ether oxygens (including phenoxy) is 1. The Morgan fingerprint density at radius 1 is 1.33 bits per heavy atom. The van der Waals surface area contributed by atoms with Gasteiger partial charge in [0, 0.05) is 19.3 Å². The van der Waals surface area contributed by atoms with Crippen LogP contribution in [0.1, 0.15) is 49.4 Å². The van der Waals surface area contributed by atoms with Gasteiger partial charge in [-0.05, 0) is 51.1 Å². The third-order valence-corrected chi connectivity index (χ3v) is 7.05. The molecule has 6 nitrogen and oxygen atoms in total. The second-order valence-corrected chi connectivity index (χ2v) is 10.6. The van der Waals surface area contributed by atoms with Crippen LogP contribution < -0.4 is 0 Å². The van der Waals surface area contributed by atoms with Gasteiger partial charge in [-0.1, -0.05) is 0 Å². The second kappa shape index (κ2) is 6.15. The fraction of sp³-hybridized carbons (Fsp3) is 0.625. The van der Waals surface area contributed by atoms with Crippen LogP contribution in [0.15, 0.2) is 11.4 Å². The van der Waals surface area contributed by atoms with Crippen molar-refractivity contribution in [3.63, 3.8) is 0 Å². The summed E-state index contributed by atoms with van der Waals surface area (Å²) in [4.78, 5) is 27.0. The highest BCUT2D eigenvalue weighted by Crippen LogP contribution is 2.30. The monoisotopic (exact) mass is 373 g/mol. The van der Waals surface area contributed by atoms with Gasteiger partial charge in [-0.2, -0.15) is 0 Å². The number of hydrogen-bond acceptors (Lipinski definition) is 6. The van der Waals surface area contributed by atoms with Crippen LogP contribution in [0.2, 0.25) is 0 Å². The van der Waals surface area contributed by atoms with Gasteiger partial charge in [-0.3, -0.25) is 9.59 Å². The summed E-state index contributed by atoms with van der Waals surface area (Å²) in [7, 11) is -3.71. The lowest BCUT2D eigenvalue weighted by Crippen LogP contribution is -2.48. The first kappa shape index (κ1) is 18.9. The molecule has 2 heterocycles. The molecule has 0 fully saturated rings. The van der Waals surface area contributed by atoms with E-state index >= 15 is 0 Å². The van der Waals surface area contributed by atoms with E-state index in [0.717, 1.165) is 11.8 Å². The number of fused-ring (bicyclic) bond motifs is 1. The van der Waals surface area contributed by atoms with Crippen molar-refractivity contribution in [3.8, 4) is 0 Å². The topological polar surface area (TPSA) is 80.8 Å². The van der Waals surface area contributed by atoms with Crippen LogP contribution >= 0.6 is 11.3 Å². The first-order valence-corrected chi connectivity index (χ1v) is 10.4. The molecule has 2 rings (SSSR count). The Hall–Kier alpha value is -1.41. The van der Waals surface area contributed by atoms with Gasteiger partial charge in [0.2, 0.25) is 0 Å². The predicted octanol–water partition coefficient (Wildman–Crippen LogP) is 2.24. The average Bonchev–Trinajstić information content (AvgIpc) is 2.96. The molecule has 0 N–H and O–H groups in total. The maximum Gasteiger partial charge on any atom is 0.327 e. The number of nitrogens with zero attached hydrogens (tertiary/aromatic N) is 1. The molecule has 1 aromatic rings. The van der Waals surface area contributed by atoms with Crippen LogP contribution in [0, 0.1) is 0 Å². The maximum absolute atomic E-state index is 12.5. The summed E-state index contributed by atoms with van der Waals surface area (Å²) in [5.74, 6) is -0.890. The minimum Gasteiger partial charge on any atom is -0.459 e. The molecular formula is C16H23NO5S2. The highest BCUT2D eigenvalue weighted by atomic mass is 32.2. The van der Waals surface area contributed by atoms with Crippen LogP contribution in [-0.4, -0.2) is 48.3 Å². The normalized spacial score (nSPS) is 17.5. The van der Waals surface area contributed by atoms with Gasteiger partial charge in [0.05, 0.1) is 4.88 Å². The lowest BCUT2D eigenvalue weighted by molar-refractivity contribution is -0.158. The summed E-state index contributed by atoms with van der Waals surface area (Å²) in [6.45, 7) is 7.07. The Bertz CT molecular complexity index is 760. The summed E-state index contributed by atoms with van der Waals surface area (Å²) < 4.78 is 28.1. The molecule has 0 bridgehead atoms. The van der Waals surface area contributed by atoms with E-state index in [4.69, 9.17) is 4.74 Å². The van der Waals surface area contributed by atoms with Crippen molar-refractivity contribution in [1.82, 2.24) is 4.90 Å². The predicted molar refractivity (Wildman–Crippen MR) is 92.8 cm³/mol. The van der Waals surface area contributed by atoms with Crippen LogP contribution in [0.5, 0.6) is 0 Å². The van der Waals surface area contributed by atoms with Gasteiger partial charge >= 0.3 is 5.97 Å². The number of rotatable bonds is 5. The number of esters is 1. The van der Waals surface area contributed by atoms with Crippen molar-refractivity contribution < 1.29 is 22.7 Å². The Kier molecular flexibility index (Phi) is 4.85.